The van der Waals surface area contributed by atoms with E-state index in [9.17, 15) is 4.79 Å². The van der Waals surface area contributed by atoms with Crippen molar-refractivity contribution in [1.82, 2.24) is 0 Å². The Morgan fingerprint density at radius 3 is 2.50 bits per heavy atom. The average Bonchev–Trinajstić information content (AvgIpc) is 2.46. The Morgan fingerprint density at radius 1 is 1.18 bits per heavy atom. The molecule has 0 bridgehead atoms. The summed E-state index contributed by atoms with van der Waals surface area (Å²) in [6.07, 6.45) is 0. The van der Waals surface area contributed by atoms with Gasteiger partial charge in [0.2, 0.25) is 0 Å². The molecule has 0 spiro atoms. The van der Waals surface area contributed by atoms with Crippen LogP contribution in [0.25, 0.3) is 0 Å². The van der Waals surface area contributed by atoms with E-state index in [0.29, 0.717) is 12.1 Å². The van der Waals surface area contributed by atoms with Gasteiger partial charge in [0, 0.05) is 22.3 Å². The van der Waals surface area contributed by atoms with Crippen molar-refractivity contribution in [3.63, 3.8) is 0 Å². The maximum Gasteiger partial charge on any atom is 0.255 e. The summed E-state index contributed by atoms with van der Waals surface area (Å²) in [7, 11) is 0. The zero-order valence-electron chi connectivity index (χ0n) is 13.1. The van der Waals surface area contributed by atoms with Crippen LogP contribution >= 0.6 is 15.9 Å². The SMILES string of the molecule is CC(C)(C)c1cccc(C(=O)Nc2ccc(CN)c(Br)c2)c1. The van der Waals surface area contributed by atoms with Gasteiger partial charge in [-0.05, 0) is 40.8 Å². The Balaban J connectivity index is 2.21. The molecule has 2 aromatic rings. The number of carbonyl (C=O) groups excluding carboxylic acids is 1. The van der Waals surface area contributed by atoms with Crippen LogP contribution in [0.2, 0.25) is 0 Å². The summed E-state index contributed by atoms with van der Waals surface area (Å²) in [5, 5.41) is 2.92. The number of nitrogens with one attached hydrogen (secondary N) is 1. The van der Waals surface area contributed by atoms with Crippen LogP contribution in [0.5, 0.6) is 0 Å². The van der Waals surface area contributed by atoms with Gasteiger partial charge in [0.05, 0.1) is 0 Å². The lowest BCUT2D eigenvalue weighted by molar-refractivity contribution is 0.102. The van der Waals surface area contributed by atoms with Gasteiger partial charge in [0.25, 0.3) is 5.91 Å². The first kappa shape index (κ1) is 16.7. The number of nitrogens with two attached hydrogens (primary N) is 1. The summed E-state index contributed by atoms with van der Waals surface area (Å²) in [5.41, 5.74) is 9.20. The van der Waals surface area contributed by atoms with Crippen LogP contribution in [0.15, 0.2) is 46.9 Å². The van der Waals surface area contributed by atoms with Crippen molar-refractivity contribution < 1.29 is 4.79 Å². The molecule has 2 aromatic carbocycles. The fourth-order valence-corrected chi connectivity index (χ4v) is 2.66. The third-order valence-electron chi connectivity index (χ3n) is 3.52. The van der Waals surface area contributed by atoms with E-state index in [1.54, 1.807) is 0 Å². The minimum atomic E-state index is -0.113. The lowest BCUT2D eigenvalue weighted by atomic mass is 9.86. The first-order valence-electron chi connectivity index (χ1n) is 7.21. The summed E-state index contributed by atoms with van der Waals surface area (Å²) in [4.78, 5) is 12.4. The molecule has 2 rings (SSSR count). The van der Waals surface area contributed by atoms with Gasteiger partial charge in [-0.3, -0.25) is 4.79 Å². The van der Waals surface area contributed by atoms with Crippen LogP contribution in [0.3, 0.4) is 0 Å². The fraction of sp³-hybridized carbons (Fsp3) is 0.278. The zero-order valence-corrected chi connectivity index (χ0v) is 14.7. The van der Waals surface area contributed by atoms with E-state index < -0.39 is 0 Å². The number of carbonyl (C=O) groups is 1. The molecule has 0 radical (unpaired) electrons. The third-order valence-corrected chi connectivity index (χ3v) is 4.26. The number of hydrogen-bond acceptors (Lipinski definition) is 2. The van der Waals surface area contributed by atoms with Gasteiger partial charge >= 0.3 is 0 Å². The number of benzene rings is 2. The molecule has 0 fully saturated rings. The van der Waals surface area contributed by atoms with Crippen molar-refractivity contribution in [2.24, 2.45) is 5.73 Å². The standard InChI is InChI=1S/C18H21BrN2O/c1-18(2,3)14-6-4-5-12(9-14)17(22)21-15-8-7-13(11-20)16(19)10-15/h4-10H,11,20H2,1-3H3,(H,21,22). The fourth-order valence-electron chi connectivity index (χ4n) is 2.12. The first-order chi connectivity index (χ1) is 10.3. The van der Waals surface area contributed by atoms with Gasteiger partial charge in [0.15, 0.2) is 0 Å². The Hall–Kier alpha value is -1.65. The summed E-state index contributed by atoms with van der Waals surface area (Å²) in [6.45, 7) is 6.86. The number of rotatable bonds is 3. The van der Waals surface area contributed by atoms with Crippen LogP contribution in [0, 0.1) is 0 Å². The number of hydrogen-bond donors (Lipinski definition) is 2. The molecule has 0 aromatic heterocycles. The smallest absolute Gasteiger partial charge is 0.255 e. The van der Waals surface area contributed by atoms with Crippen molar-refractivity contribution in [2.45, 2.75) is 32.7 Å². The van der Waals surface area contributed by atoms with E-state index in [4.69, 9.17) is 5.73 Å². The molecule has 0 heterocycles. The van der Waals surface area contributed by atoms with Gasteiger partial charge in [-0.2, -0.15) is 0 Å². The van der Waals surface area contributed by atoms with Crippen LogP contribution < -0.4 is 11.1 Å². The highest BCUT2D eigenvalue weighted by Crippen LogP contribution is 2.24. The molecule has 0 saturated carbocycles. The average molecular weight is 361 g/mol. The van der Waals surface area contributed by atoms with E-state index in [2.05, 4.69) is 42.0 Å². The molecule has 22 heavy (non-hydrogen) atoms. The second-order valence-electron chi connectivity index (χ2n) is 6.30. The van der Waals surface area contributed by atoms with Gasteiger partial charge in [0.1, 0.15) is 0 Å². The largest absolute Gasteiger partial charge is 0.326 e. The van der Waals surface area contributed by atoms with Gasteiger partial charge < -0.3 is 11.1 Å². The van der Waals surface area contributed by atoms with E-state index in [1.807, 2.05) is 42.5 Å². The van der Waals surface area contributed by atoms with E-state index in [-0.39, 0.29) is 11.3 Å². The predicted octanol–water partition coefficient (Wildman–Crippen LogP) is 4.46. The number of anilines is 1. The summed E-state index contributed by atoms with van der Waals surface area (Å²) < 4.78 is 0.899. The quantitative estimate of drug-likeness (QED) is 0.848. The first-order valence-corrected chi connectivity index (χ1v) is 8.01. The molecule has 0 aliphatic rings. The van der Waals surface area contributed by atoms with E-state index in [0.717, 1.165) is 21.3 Å². The second kappa shape index (κ2) is 6.63. The second-order valence-corrected chi connectivity index (χ2v) is 7.15. The van der Waals surface area contributed by atoms with Crippen LogP contribution in [0.1, 0.15) is 42.3 Å². The predicted molar refractivity (Wildman–Crippen MR) is 95.1 cm³/mol. The lowest BCUT2D eigenvalue weighted by Gasteiger charge is -2.19. The minimum Gasteiger partial charge on any atom is -0.326 e. The van der Waals surface area contributed by atoms with E-state index in [1.165, 1.54) is 0 Å². The Labute approximate surface area is 140 Å². The molecule has 4 heteroatoms. The Bertz CT molecular complexity index is 690. The molecule has 0 aliphatic carbocycles. The normalized spacial score (nSPS) is 11.3. The maximum atomic E-state index is 12.4. The van der Waals surface area contributed by atoms with Crippen LogP contribution in [-0.4, -0.2) is 5.91 Å². The molecule has 0 saturated heterocycles. The third kappa shape index (κ3) is 3.96. The summed E-state index contributed by atoms with van der Waals surface area (Å²) in [5.74, 6) is -0.113. The monoisotopic (exact) mass is 360 g/mol. The van der Waals surface area contributed by atoms with Crippen molar-refractivity contribution in [2.75, 3.05) is 5.32 Å². The number of amides is 1. The highest BCUT2D eigenvalue weighted by atomic mass is 79.9. The molecule has 1 amide bonds. The molecule has 0 unspecified atom stereocenters. The van der Waals surface area contributed by atoms with Gasteiger partial charge in [-0.1, -0.05) is 54.9 Å². The summed E-state index contributed by atoms with van der Waals surface area (Å²) >= 11 is 3.46. The van der Waals surface area contributed by atoms with Crippen LogP contribution in [0.4, 0.5) is 5.69 Å². The zero-order chi connectivity index (χ0) is 16.3. The lowest BCUT2D eigenvalue weighted by Crippen LogP contribution is -2.15. The Morgan fingerprint density at radius 2 is 1.91 bits per heavy atom. The van der Waals surface area contributed by atoms with Crippen molar-refractivity contribution in [3.05, 3.63) is 63.6 Å². The van der Waals surface area contributed by atoms with Crippen molar-refractivity contribution in [1.29, 1.82) is 0 Å². The topological polar surface area (TPSA) is 55.1 Å². The van der Waals surface area contributed by atoms with Crippen molar-refractivity contribution in [3.8, 4) is 0 Å². The molecule has 0 atom stereocenters. The molecule has 3 N–H and O–H groups in total. The summed E-state index contributed by atoms with van der Waals surface area (Å²) in [6, 6.07) is 13.4. The van der Waals surface area contributed by atoms with Crippen molar-refractivity contribution >= 4 is 27.5 Å². The minimum absolute atomic E-state index is 0.0160. The van der Waals surface area contributed by atoms with Crippen LogP contribution in [-0.2, 0) is 12.0 Å². The molecule has 116 valence electrons. The molecule has 0 aliphatic heterocycles. The highest BCUT2D eigenvalue weighted by molar-refractivity contribution is 9.10. The maximum absolute atomic E-state index is 12.4. The molecular weight excluding hydrogens is 340 g/mol. The van der Waals surface area contributed by atoms with Gasteiger partial charge in [-0.15, -0.1) is 0 Å². The number of halogens is 1. The van der Waals surface area contributed by atoms with Gasteiger partial charge in [-0.25, -0.2) is 0 Å². The van der Waals surface area contributed by atoms with E-state index >= 15 is 0 Å². The highest BCUT2D eigenvalue weighted by Gasteiger charge is 2.15. The molecular formula is C18H21BrN2O. The Kier molecular flexibility index (Phi) is 5.04. The molecule has 3 nitrogen and oxygen atoms in total.